The first-order valence-electron chi connectivity index (χ1n) is 6.95. The van der Waals surface area contributed by atoms with Gasteiger partial charge in [0.15, 0.2) is 0 Å². The molecule has 5 heteroatoms. The Bertz CT molecular complexity index is 513. The van der Waals surface area contributed by atoms with Gasteiger partial charge in [-0.3, -0.25) is 4.79 Å². The fraction of sp³-hybridized carbons (Fsp3) is 0.600. The number of likely N-dealkylation sites (tertiary alicyclic amines) is 1. The van der Waals surface area contributed by atoms with Crippen molar-refractivity contribution in [3.63, 3.8) is 0 Å². The summed E-state index contributed by atoms with van der Waals surface area (Å²) in [6.07, 6.45) is 2.66. The molecule has 5 nitrogen and oxygen atoms in total. The summed E-state index contributed by atoms with van der Waals surface area (Å²) in [4.78, 5) is 25.1. The molecule has 0 bridgehead atoms. The van der Waals surface area contributed by atoms with Crippen LogP contribution in [0.5, 0.6) is 0 Å². The third-order valence-electron chi connectivity index (χ3n) is 4.12. The molecule has 0 saturated carbocycles. The number of hydrogen-bond acceptors (Lipinski definition) is 2. The summed E-state index contributed by atoms with van der Waals surface area (Å²) in [5, 5.41) is 9.04. The average molecular weight is 278 g/mol. The fourth-order valence-corrected chi connectivity index (χ4v) is 2.69. The van der Waals surface area contributed by atoms with E-state index in [0.29, 0.717) is 5.92 Å². The Hall–Kier alpha value is -1.78. The maximum absolute atomic E-state index is 12.3. The molecule has 1 atom stereocenters. The van der Waals surface area contributed by atoms with E-state index in [1.54, 1.807) is 12.3 Å². The second-order valence-electron chi connectivity index (χ2n) is 6.52. The minimum absolute atomic E-state index is 0.00421. The van der Waals surface area contributed by atoms with Crippen molar-refractivity contribution in [3.8, 4) is 0 Å². The third-order valence-corrected chi connectivity index (χ3v) is 4.12. The molecule has 2 heterocycles. The number of carbonyl (C=O) groups is 2. The van der Waals surface area contributed by atoms with Crippen LogP contribution in [0.3, 0.4) is 0 Å². The zero-order chi connectivity index (χ0) is 14.9. The van der Waals surface area contributed by atoms with Crippen LogP contribution in [0.15, 0.2) is 18.3 Å². The van der Waals surface area contributed by atoms with Gasteiger partial charge in [0.25, 0.3) is 0 Å². The number of aromatic carboxylic acids is 1. The fourth-order valence-electron chi connectivity index (χ4n) is 2.69. The van der Waals surface area contributed by atoms with Crippen LogP contribution in [-0.2, 0) is 11.3 Å². The molecule has 1 aliphatic rings. The molecule has 1 saturated heterocycles. The molecular formula is C15H22N2O3. The van der Waals surface area contributed by atoms with E-state index in [1.807, 2.05) is 4.90 Å². The molecule has 1 aromatic rings. The van der Waals surface area contributed by atoms with Crippen LogP contribution in [0, 0.1) is 11.3 Å². The topological polar surface area (TPSA) is 62.5 Å². The summed E-state index contributed by atoms with van der Waals surface area (Å²) in [6.45, 7) is 8.22. The van der Waals surface area contributed by atoms with Crippen molar-refractivity contribution in [2.24, 2.45) is 11.3 Å². The predicted molar refractivity (Wildman–Crippen MR) is 75.5 cm³/mol. The molecule has 20 heavy (non-hydrogen) atoms. The summed E-state index contributed by atoms with van der Waals surface area (Å²) in [7, 11) is 0. The van der Waals surface area contributed by atoms with E-state index >= 15 is 0 Å². The van der Waals surface area contributed by atoms with Crippen LogP contribution in [0.2, 0.25) is 0 Å². The first kappa shape index (κ1) is 14.6. The third kappa shape index (κ3) is 3.03. The van der Waals surface area contributed by atoms with Crippen molar-refractivity contribution in [1.29, 1.82) is 0 Å². The highest BCUT2D eigenvalue weighted by atomic mass is 16.4. The van der Waals surface area contributed by atoms with Crippen LogP contribution in [0.25, 0.3) is 0 Å². The second kappa shape index (κ2) is 5.31. The average Bonchev–Trinajstić information content (AvgIpc) is 2.95. The van der Waals surface area contributed by atoms with E-state index < -0.39 is 5.97 Å². The number of carboxylic acids is 1. The number of carboxylic acid groups (broad SMARTS) is 1. The zero-order valence-electron chi connectivity index (χ0n) is 12.3. The van der Waals surface area contributed by atoms with Crippen molar-refractivity contribution < 1.29 is 14.7 Å². The highest BCUT2D eigenvalue weighted by molar-refractivity contribution is 5.87. The van der Waals surface area contributed by atoms with Crippen LogP contribution in [-0.4, -0.2) is 39.5 Å². The second-order valence-corrected chi connectivity index (χ2v) is 6.52. The minimum atomic E-state index is -1.00. The lowest BCUT2D eigenvalue weighted by Crippen LogP contribution is -2.34. The van der Waals surface area contributed by atoms with E-state index in [2.05, 4.69) is 20.8 Å². The van der Waals surface area contributed by atoms with E-state index in [0.717, 1.165) is 19.5 Å². The Morgan fingerprint density at radius 3 is 2.65 bits per heavy atom. The molecule has 110 valence electrons. The van der Waals surface area contributed by atoms with Crippen molar-refractivity contribution >= 4 is 11.9 Å². The first-order chi connectivity index (χ1) is 9.29. The zero-order valence-corrected chi connectivity index (χ0v) is 12.3. The van der Waals surface area contributed by atoms with E-state index in [9.17, 15) is 9.59 Å². The number of nitrogens with zero attached hydrogens (tertiary/aromatic N) is 2. The maximum Gasteiger partial charge on any atom is 0.352 e. The molecule has 2 rings (SSSR count). The Morgan fingerprint density at radius 1 is 1.40 bits per heavy atom. The number of carbonyl (C=O) groups excluding carboxylic acids is 1. The van der Waals surface area contributed by atoms with Gasteiger partial charge in [-0.25, -0.2) is 4.79 Å². The molecule has 1 fully saturated rings. The van der Waals surface area contributed by atoms with Gasteiger partial charge in [-0.15, -0.1) is 0 Å². The van der Waals surface area contributed by atoms with Crippen molar-refractivity contribution in [3.05, 3.63) is 24.0 Å². The number of rotatable bonds is 3. The van der Waals surface area contributed by atoms with Crippen molar-refractivity contribution in [2.75, 3.05) is 13.1 Å². The van der Waals surface area contributed by atoms with Gasteiger partial charge in [-0.2, -0.15) is 0 Å². The monoisotopic (exact) mass is 278 g/mol. The lowest BCUT2D eigenvalue weighted by molar-refractivity contribution is -0.131. The van der Waals surface area contributed by atoms with Gasteiger partial charge >= 0.3 is 5.97 Å². The Labute approximate surface area is 119 Å². The van der Waals surface area contributed by atoms with Crippen molar-refractivity contribution in [1.82, 2.24) is 9.47 Å². The quantitative estimate of drug-likeness (QED) is 0.920. The smallest absolute Gasteiger partial charge is 0.352 e. The van der Waals surface area contributed by atoms with E-state index in [4.69, 9.17) is 5.11 Å². The SMILES string of the molecule is CC(C)(C)C1CCN(C(=O)Cn2cccc2C(=O)O)C1. The van der Waals surface area contributed by atoms with Crippen molar-refractivity contribution in [2.45, 2.75) is 33.7 Å². The Kier molecular flexibility index (Phi) is 3.88. The Balaban J connectivity index is 2.00. The van der Waals surface area contributed by atoms with E-state index in [1.165, 1.54) is 10.6 Å². The standard InChI is InChI=1S/C15H22N2O3/c1-15(2,3)11-6-8-17(9-11)13(18)10-16-7-4-5-12(16)14(19)20/h4-5,7,11H,6,8-10H2,1-3H3,(H,19,20). The van der Waals surface area contributed by atoms with Gasteiger partial charge in [0, 0.05) is 19.3 Å². The van der Waals surface area contributed by atoms with Gasteiger partial charge in [0.2, 0.25) is 5.91 Å². The summed E-state index contributed by atoms with van der Waals surface area (Å²) >= 11 is 0. The van der Waals surface area contributed by atoms with Gasteiger partial charge in [-0.05, 0) is 29.9 Å². The first-order valence-corrected chi connectivity index (χ1v) is 6.95. The molecule has 1 unspecified atom stereocenters. The molecule has 0 spiro atoms. The van der Waals surface area contributed by atoms with E-state index in [-0.39, 0.29) is 23.6 Å². The summed E-state index contributed by atoms with van der Waals surface area (Å²) in [6, 6.07) is 3.16. The Morgan fingerprint density at radius 2 is 2.10 bits per heavy atom. The molecule has 0 aliphatic carbocycles. The number of amides is 1. The highest BCUT2D eigenvalue weighted by Crippen LogP contribution is 2.33. The summed E-state index contributed by atoms with van der Waals surface area (Å²) in [5.74, 6) is -0.498. The predicted octanol–water partition coefficient (Wildman–Crippen LogP) is 2.08. The summed E-state index contributed by atoms with van der Waals surface area (Å²) < 4.78 is 1.50. The van der Waals surface area contributed by atoms with Crippen LogP contribution in [0.1, 0.15) is 37.7 Å². The van der Waals surface area contributed by atoms with Gasteiger partial charge in [-0.1, -0.05) is 20.8 Å². The van der Waals surface area contributed by atoms with Crippen LogP contribution >= 0.6 is 0 Å². The maximum atomic E-state index is 12.3. The normalized spacial score (nSPS) is 19.4. The molecule has 0 radical (unpaired) electrons. The lowest BCUT2D eigenvalue weighted by Gasteiger charge is -2.27. The number of hydrogen-bond donors (Lipinski definition) is 1. The van der Waals surface area contributed by atoms with Gasteiger partial charge < -0.3 is 14.6 Å². The summed E-state index contributed by atoms with van der Waals surface area (Å²) in [5.41, 5.74) is 0.360. The largest absolute Gasteiger partial charge is 0.477 e. The molecule has 1 N–H and O–H groups in total. The van der Waals surface area contributed by atoms with Gasteiger partial charge in [0.05, 0.1) is 0 Å². The highest BCUT2D eigenvalue weighted by Gasteiger charge is 2.33. The molecule has 1 aliphatic heterocycles. The van der Waals surface area contributed by atoms with Gasteiger partial charge in [0.1, 0.15) is 12.2 Å². The van der Waals surface area contributed by atoms with Crippen LogP contribution in [0.4, 0.5) is 0 Å². The van der Waals surface area contributed by atoms with Crippen LogP contribution < -0.4 is 0 Å². The molecule has 0 aromatic carbocycles. The molecule has 1 aromatic heterocycles. The molecular weight excluding hydrogens is 256 g/mol. The number of aromatic nitrogens is 1. The molecule has 1 amide bonds. The minimum Gasteiger partial charge on any atom is -0.477 e. The lowest BCUT2D eigenvalue weighted by atomic mass is 9.80.